The summed E-state index contributed by atoms with van der Waals surface area (Å²) in [7, 11) is 0. The minimum atomic E-state index is -4.46. The number of hydrogen-bond acceptors (Lipinski definition) is 2. The Balaban J connectivity index is 2.28. The first-order chi connectivity index (χ1) is 8.38. The molecule has 0 bridgehead atoms. The normalized spacial score (nSPS) is 23.3. The van der Waals surface area contributed by atoms with E-state index in [4.69, 9.17) is 11.6 Å². The predicted molar refractivity (Wildman–Crippen MR) is 59.1 cm³/mol. The lowest BCUT2D eigenvalue weighted by Gasteiger charge is -2.29. The molecule has 0 saturated carbocycles. The standard InChI is InChI=1S/C11H11ClF4N2/c12-9-2-1-7(5-17-9)10(11(14,15)16)18-4-3-8(13)6-18/h1-2,5,8,10H,3-4,6H2/t8-,10-/m1/s1. The summed E-state index contributed by atoms with van der Waals surface area (Å²) in [6.45, 7) is -0.110. The van der Waals surface area contributed by atoms with Crippen LogP contribution >= 0.6 is 11.6 Å². The van der Waals surface area contributed by atoms with E-state index in [1.165, 1.54) is 12.1 Å². The van der Waals surface area contributed by atoms with Crippen LogP contribution in [0.4, 0.5) is 17.6 Å². The first-order valence-corrected chi connectivity index (χ1v) is 5.82. The highest BCUT2D eigenvalue weighted by atomic mass is 35.5. The molecule has 1 aromatic heterocycles. The molecule has 0 aromatic carbocycles. The summed E-state index contributed by atoms with van der Waals surface area (Å²) in [4.78, 5) is 4.74. The third kappa shape index (κ3) is 2.92. The van der Waals surface area contributed by atoms with Crippen LogP contribution in [0.15, 0.2) is 18.3 Å². The summed E-state index contributed by atoms with van der Waals surface area (Å²) in [5, 5.41) is 0.129. The summed E-state index contributed by atoms with van der Waals surface area (Å²) in [6.07, 6.45) is -4.44. The van der Waals surface area contributed by atoms with E-state index < -0.39 is 18.4 Å². The molecule has 7 heteroatoms. The molecule has 0 N–H and O–H groups in total. The second kappa shape index (κ2) is 5.01. The van der Waals surface area contributed by atoms with Crippen molar-refractivity contribution in [2.75, 3.05) is 13.1 Å². The Bertz CT molecular complexity index is 406. The Labute approximate surface area is 107 Å². The van der Waals surface area contributed by atoms with Gasteiger partial charge in [-0.2, -0.15) is 13.2 Å². The molecule has 0 aliphatic carbocycles. The number of likely N-dealkylation sites (tertiary alicyclic amines) is 1. The smallest absolute Gasteiger partial charge is 0.286 e. The Morgan fingerprint density at radius 2 is 2.11 bits per heavy atom. The molecule has 1 aromatic rings. The second-order valence-electron chi connectivity index (χ2n) is 4.24. The fourth-order valence-corrected chi connectivity index (χ4v) is 2.25. The molecule has 2 rings (SSSR count). The van der Waals surface area contributed by atoms with Crippen LogP contribution in [0.3, 0.4) is 0 Å². The molecule has 100 valence electrons. The quantitative estimate of drug-likeness (QED) is 0.611. The van der Waals surface area contributed by atoms with E-state index in [-0.39, 0.29) is 30.2 Å². The number of nitrogens with zero attached hydrogens (tertiary/aromatic N) is 2. The van der Waals surface area contributed by atoms with E-state index in [9.17, 15) is 17.6 Å². The van der Waals surface area contributed by atoms with Gasteiger partial charge in [-0.3, -0.25) is 4.90 Å². The van der Waals surface area contributed by atoms with Gasteiger partial charge in [0, 0.05) is 19.3 Å². The molecule has 0 spiro atoms. The molecule has 1 saturated heterocycles. The molecule has 1 fully saturated rings. The van der Waals surface area contributed by atoms with E-state index in [0.29, 0.717) is 0 Å². The zero-order chi connectivity index (χ0) is 13.3. The Morgan fingerprint density at radius 3 is 2.56 bits per heavy atom. The first-order valence-electron chi connectivity index (χ1n) is 5.44. The summed E-state index contributed by atoms with van der Waals surface area (Å²) >= 11 is 5.55. The lowest BCUT2D eigenvalue weighted by atomic mass is 10.1. The molecule has 2 nitrogen and oxygen atoms in total. The fourth-order valence-electron chi connectivity index (χ4n) is 2.13. The maximum atomic E-state index is 13.1. The number of halogens is 5. The number of aromatic nitrogens is 1. The second-order valence-corrected chi connectivity index (χ2v) is 4.63. The number of alkyl halides is 4. The number of pyridine rings is 1. The zero-order valence-electron chi connectivity index (χ0n) is 9.29. The molecule has 0 amide bonds. The van der Waals surface area contributed by atoms with Crippen molar-refractivity contribution in [3.05, 3.63) is 29.0 Å². The van der Waals surface area contributed by atoms with Crippen molar-refractivity contribution in [2.45, 2.75) is 24.8 Å². The highest BCUT2D eigenvalue weighted by Crippen LogP contribution is 2.39. The average Bonchev–Trinajstić information content (AvgIpc) is 2.66. The van der Waals surface area contributed by atoms with Crippen LogP contribution in [0, 0.1) is 0 Å². The monoisotopic (exact) mass is 282 g/mol. The van der Waals surface area contributed by atoms with Crippen molar-refractivity contribution in [1.82, 2.24) is 9.88 Å². The van der Waals surface area contributed by atoms with Gasteiger partial charge >= 0.3 is 6.18 Å². The fraction of sp³-hybridized carbons (Fsp3) is 0.545. The highest BCUT2D eigenvalue weighted by Gasteiger charge is 2.46. The average molecular weight is 283 g/mol. The molecule has 2 heterocycles. The van der Waals surface area contributed by atoms with Crippen molar-refractivity contribution in [1.29, 1.82) is 0 Å². The van der Waals surface area contributed by atoms with Gasteiger partial charge in [0.05, 0.1) is 0 Å². The molecule has 1 aliphatic heterocycles. The van der Waals surface area contributed by atoms with Crippen molar-refractivity contribution in [3.63, 3.8) is 0 Å². The van der Waals surface area contributed by atoms with Crippen LogP contribution in [-0.2, 0) is 0 Å². The lowest BCUT2D eigenvalue weighted by molar-refractivity contribution is -0.184. The number of rotatable bonds is 2. The van der Waals surface area contributed by atoms with Crippen LogP contribution in [0.5, 0.6) is 0 Å². The third-order valence-corrected chi connectivity index (χ3v) is 3.13. The van der Waals surface area contributed by atoms with E-state index in [0.717, 1.165) is 11.1 Å². The molecule has 2 atom stereocenters. The molecular weight excluding hydrogens is 272 g/mol. The third-order valence-electron chi connectivity index (χ3n) is 2.90. The van der Waals surface area contributed by atoms with Gasteiger partial charge in [0.1, 0.15) is 17.4 Å². The van der Waals surface area contributed by atoms with Gasteiger partial charge < -0.3 is 0 Å². The molecule has 18 heavy (non-hydrogen) atoms. The van der Waals surface area contributed by atoms with Gasteiger partial charge in [0.25, 0.3) is 0 Å². The topological polar surface area (TPSA) is 16.1 Å². The molecule has 1 aliphatic rings. The van der Waals surface area contributed by atoms with Crippen molar-refractivity contribution in [2.24, 2.45) is 0 Å². The van der Waals surface area contributed by atoms with Gasteiger partial charge in [-0.15, -0.1) is 0 Å². The summed E-state index contributed by atoms with van der Waals surface area (Å²) in [5.74, 6) is 0. The summed E-state index contributed by atoms with van der Waals surface area (Å²) in [5.41, 5.74) is -0.0130. The summed E-state index contributed by atoms with van der Waals surface area (Å²) in [6, 6.07) is 0.764. The maximum absolute atomic E-state index is 13.1. The molecule has 0 radical (unpaired) electrons. The van der Waals surface area contributed by atoms with Gasteiger partial charge in [-0.25, -0.2) is 9.37 Å². The highest BCUT2D eigenvalue weighted by molar-refractivity contribution is 6.29. The van der Waals surface area contributed by atoms with Crippen molar-refractivity contribution >= 4 is 11.6 Å². The molecule has 0 unspecified atom stereocenters. The van der Waals surface area contributed by atoms with Crippen LogP contribution in [0.1, 0.15) is 18.0 Å². The minimum Gasteiger partial charge on any atom is -0.286 e. The lowest BCUT2D eigenvalue weighted by Crippen LogP contribution is -2.37. The zero-order valence-corrected chi connectivity index (χ0v) is 10.0. The SMILES string of the molecule is F[C@@H]1CCN([C@H](c2ccc(Cl)nc2)C(F)(F)F)C1. The van der Waals surface area contributed by atoms with Crippen LogP contribution in [0.25, 0.3) is 0 Å². The first kappa shape index (κ1) is 13.5. The predicted octanol–water partition coefficient (Wildman–Crippen LogP) is 3.38. The van der Waals surface area contributed by atoms with Gasteiger partial charge in [-0.05, 0) is 18.1 Å². The van der Waals surface area contributed by atoms with Crippen LogP contribution < -0.4 is 0 Å². The maximum Gasteiger partial charge on any atom is 0.408 e. The largest absolute Gasteiger partial charge is 0.408 e. The van der Waals surface area contributed by atoms with E-state index in [1.54, 1.807) is 0 Å². The van der Waals surface area contributed by atoms with Gasteiger partial charge in [-0.1, -0.05) is 17.7 Å². The van der Waals surface area contributed by atoms with E-state index in [2.05, 4.69) is 4.98 Å². The Hall–Kier alpha value is -0.880. The Kier molecular flexibility index (Phi) is 3.77. The molecular formula is C11H11ClF4N2. The van der Waals surface area contributed by atoms with E-state index in [1.807, 2.05) is 0 Å². The van der Waals surface area contributed by atoms with Crippen LogP contribution in [0.2, 0.25) is 5.15 Å². The van der Waals surface area contributed by atoms with Crippen molar-refractivity contribution in [3.8, 4) is 0 Å². The van der Waals surface area contributed by atoms with Crippen molar-refractivity contribution < 1.29 is 17.6 Å². The Morgan fingerprint density at radius 1 is 1.39 bits per heavy atom. The van der Waals surface area contributed by atoms with Gasteiger partial charge in [0.2, 0.25) is 0 Å². The minimum absolute atomic E-state index is 0.0130. The number of hydrogen-bond donors (Lipinski definition) is 0. The summed E-state index contributed by atoms with van der Waals surface area (Å²) < 4.78 is 52.2. The van der Waals surface area contributed by atoms with Gasteiger partial charge in [0.15, 0.2) is 0 Å². The van der Waals surface area contributed by atoms with E-state index >= 15 is 0 Å². The van der Waals surface area contributed by atoms with Crippen LogP contribution in [-0.4, -0.2) is 35.3 Å².